The number of fused-ring (bicyclic) bond motifs is 1. The Morgan fingerprint density at radius 2 is 1.88 bits per heavy atom. The van der Waals surface area contributed by atoms with E-state index in [2.05, 4.69) is 4.90 Å². The van der Waals surface area contributed by atoms with E-state index in [1.165, 1.54) is 25.0 Å². The van der Waals surface area contributed by atoms with E-state index >= 15 is 0 Å². The van der Waals surface area contributed by atoms with Crippen molar-refractivity contribution >= 4 is 16.1 Å². The minimum absolute atomic E-state index is 0.0613. The molecule has 2 aliphatic heterocycles. The highest BCUT2D eigenvalue weighted by Gasteiger charge is 2.33. The lowest BCUT2D eigenvalue weighted by molar-refractivity contribution is 0.0245. The number of benzene rings is 1. The number of nitrogens with one attached hydrogen (secondary N) is 1. The van der Waals surface area contributed by atoms with Crippen LogP contribution in [0.2, 0.25) is 0 Å². The maximum absolute atomic E-state index is 12.2. The van der Waals surface area contributed by atoms with E-state index in [0.717, 1.165) is 37.9 Å². The largest absolute Gasteiger partial charge is 0.448 e. The minimum atomic E-state index is -3.89. The van der Waals surface area contributed by atoms with Gasteiger partial charge in [0.25, 0.3) is 10.0 Å². The van der Waals surface area contributed by atoms with Crippen LogP contribution in [0.15, 0.2) is 29.2 Å². The summed E-state index contributed by atoms with van der Waals surface area (Å²) in [6.07, 6.45) is 4.82. The normalized spacial score (nSPS) is 24.4. The molecule has 0 aliphatic carbocycles. The van der Waals surface area contributed by atoms with Crippen molar-refractivity contribution in [1.29, 1.82) is 0 Å². The van der Waals surface area contributed by atoms with Crippen LogP contribution in [0, 0.1) is 12.8 Å². The molecular weight excluding hydrogens is 340 g/mol. The second-order valence-electron chi connectivity index (χ2n) is 7.02. The third-order valence-corrected chi connectivity index (χ3v) is 6.53. The molecule has 0 bridgehead atoms. The first kappa shape index (κ1) is 18.2. The van der Waals surface area contributed by atoms with Crippen molar-refractivity contribution in [2.75, 3.05) is 19.7 Å². The van der Waals surface area contributed by atoms with Crippen molar-refractivity contribution in [2.45, 2.75) is 50.0 Å². The van der Waals surface area contributed by atoms with Gasteiger partial charge in [0, 0.05) is 12.0 Å². The average Bonchev–Trinajstić information content (AvgIpc) is 2.60. The van der Waals surface area contributed by atoms with Crippen molar-refractivity contribution in [1.82, 2.24) is 9.62 Å². The number of rotatable bonds is 4. The van der Waals surface area contributed by atoms with Gasteiger partial charge in [-0.3, -0.25) is 4.90 Å². The van der Waals surface area contributed by atoms with Crippen LogP contribution in [0.25, 0.3) is 0 Å². The van der Waals surface area contributed by atoms with E-state index in [1.54, 1.807) is 12.1 Å². The van der Waals surface area contributed by atoms with Crippen molar-refractivity contribution < 1.29 is 17.9 Å². The standard InChI is InChI=1S/C18H26N2O4S/c1-14-7-9-16(10-8-14)25(22,23)19-18(21)24-13-15-5-4-12-20-11-3-2-6-17(15)20/h7-10,15,17H,2-6,11-13H2,1H3,(H,19,21)/t15-,17?/m0/s1. The van der Waals surface area contributed by atoms with Gasteiger partial charge >= 0.3 is 6.09 Å². The predicted octanol–water partition coefficient (Wildman–Crippen LogP) is 2.67. The molecule has 0 aromatic heterocycles. The minimum Gasteiger partial charge on any atom is -0.448 e. The molecule has 3 rings (SSSR count). The van der Waals surface area contributed by atoms with Crippen LogP contribution in [0.5, 0.6) is 0 Å². The number of aryl methyl sites for hydroxylation is 1. The fraction of sp³-hybridized carbons (Fsp3) is 0.611. The van der Waals surface area contributed by atoms with E-state index < -0.39 is 16.1 Å². The number of sulfonamides is 1. The van der Waals surface area contributed by atoms with Gasteiger partial charge in [-0.05, 0) is 57.8 Å². The van der Waals surface area contributed by atoms with Gasteiger partial charge in [0.05, 0.1) is 11.5 Å². The van der Waals surface area contributed by atoms with Crippen LogP contribution in [0.4, 0.5) is 4.79 Å². The van der Waals surface area contributed by atoms with Crippen molar-refractivity contribution in [2.24, 2.45) is 5.92 Å². The number of carbonyl (C=O) groups excluding carboxylic acids is 1. The first-order valence-electron chi connectivity index (χ1n) is 8.96. The van der Waals surface area contributed by atoms with E-state index in [-0.39, 0.29) is 11.5 Å². The lowest BCUT2D eigenvalue weighted by Gasteiger charge is -2.44. The van der Waals surface area contributed by atoms with Crippen LogP contribution in [0.3, 0.4) is 0 Å². The first-order valence-corrected chi connectivity index (χ1v) is 10.4. The summed E-state index contributed by atoms with van der Waals surface area (Å²) in [5, 5.41) is 0. The Labute approximate surface area is 149 Å². The third kappa shape index (κ3) is 4.52. The highest BCUT2D eigenvalue weighted by molar-refractivity contribution is 7.90. The fourth-order valence-corrected chi connectivity index (χ4v) is 4.76. The topological polar surface area (TPSA) is 75.7 Å². The van der Waals surface area contributed by atoms with Gasteiger partial charge in [-0.25, -0.2) is 17.9 Å². The maximum Gasteiger partial charge on any atom is 0.421 e. The molecule has 1 aromatic rings. The van der Waals surface area contributed by atoms with Crippen molar-refractivity contribution in [3.63, 3.8) is 0 Å². The summed E-state index contributed by atoms with van der Waals surface area (Å²) >= 11 is 0. The molecule has 0 saturated carbocycles. The molecule has 0 radical (unpaired) electrons. The average molecular weight is 366 g/mol. The Morgan fingerprint density at radius 3 is 2.64 bits per heavy atom. The van der Waals surface area contributed by atoms with Crippen LogP contribution in [-0.2, 0) is 14.8 Å². The lowest BCUT2D eigenvalue weighted by Crippen LogP contribution is -2.49. The molecule has 25 heavy (non-hydrogen) atoms. The molecule has 0 spiro atoms. The Bertz CT molecular complexity index is 700. The quantitative estimate of drug-likeness (QED) is 0.887. The van der Waals surface area contributed by atoms with Gasteiger partial charge in [0.2, 0.25) is 0 Å². The number of piperidine rings is 2. The van der Waals surface area contributed by atoms with Gasteiger partial charge in [0.15, 0.2) is 0 Å². The molecular formula is C18H26N2O4S. The van der Waals surface area contributed by atoms with E-state index in [0.29, 0.717) is 12.0 Å². The summed E-state index contributed by atoms with van der Waals surface area (Å²) in [6.45, 7) is 4.39. The molecule has 138 valence electrons. The van der Waals surface area contributed by atoms with E-state index in [1.807, 2.05) is 11.6 Å². The summed E-state index contributed by atoms with van der Waals surface area (Å²) in [5.41, 5.74) is 0.955. The Morgan fingerprint density at radius 1 is 1.16 bits per heavy atom. The van der Waals surface area contributed by atoms with E-state index in [9.17, 15) is 13.2 Å². The fourth-order valence-electron chi connectivity index (χ4n) is 3.87. The molecule has 6 nitrogen and oxygen atoms in total. The highest BCUT2D eigenvalue weighted by Crippen LogP contribution is 2.31. The van der Waals surface area contributed by atoms with Crippen LogP contribution in [0.1, 0.15) is 37.7 Å². The first-order chi connectivity index (χ1) is 12.0. The SMILES string of the molecule is Cc1ccc(S(=O)(=O)NC(=O)OC[C@@H]2CCCN3CCCCC23)cc1. The molecule has 1 N–H and O–H groups in total. The molecule has 2 aliphatic rings. The number of amides is 1. The van der Waals surface area contributed by atoms with E-state index in [4.69, 9.17) is 4.74 Å². The Balaban J connectivity index is 1.54. The maximum atomic E-state index is 12.2. The zero-order chi connectivity index (χ0) is 17.9. The second-order valence-corrected chi connectivity index (χ2v) is 8.70. The molecule has 1 unspecified atom stereocenters. The van der Waals surface area contributed by atoms with Crippen molar-refractivity contribution in [3.05, 3.63) is 29.8 Å². The number of hydrogen-bond acceptors (Lipinski definition) is 5. The van der Waals surface area contributed by atoms with Gasteiger partial charge in [0.1, 0.15) is 0 Å². The number of hydrogen-bond donors (Lipinski definition) is 1. The number of carbonyl (C=O) groups is 1. The monoisotopic (exact) mass is 366 g/mol. The van der Waals surface area contributed by atoms with Gasteiger partial charge in [-0.15, -0.1) is 0 Å². The Hall–Kier alpha value is -1.60. The third-order valence-electron chi connectivity index (χ3n) is 5.21. The number of ether oxygens (including phenoxy) is 1. The highest BCUT2D eigenvalue weighted by atomic mass is 32.2. The predicted molar refractivity (Wildman–Crippen MR) is 94.8 cm³/mol. The van der Waals surface area contributed by atoms with Crippen LogP contribution < -0.4 is 4.72 Å². The zero-order valence-corrected chi connectivity index (χ0v) is 15.4. The van der Waals surface area contributed by atoms with Crippen molar-refractivity contribution in [3.8, 4) is 0 Å². The molecule has 2 heterocycles. The molecule has 7 heteroatoms. The molecule has 2 saturated heterocycles. The summed E-state index contributed by atoms with van der Waals surface area (Å²) < 4.78 is 31.7. The van der Waals surface area contributed by atoms with Gasteiger partial charge < -0.3 is 4.74 Å². The molecule has 2 atom stereocenters. The Kier molecular flexibility index (Phi) is 5.64. The second kappa shape index (κ2) is 7.74. The van der Waals surface area contributed by atoms with Crippen LogP contribution in [-0.4, -0.2) is 45.1 Å². The molecule has 2 fully saturated rings. The molecule has 1 amide bonds. The number of nitrogens with zero attached hydrogens (tertiary/aromatic N) is 1. The smallest absolute Gasteiger partial charge is 0.421 e. The van der Waals surface area contributed by atoms with Crippen LogP contribution >= 0.6 is 0 Å². The lowest BCUT2D eigenvalue weighted by atomic mass is 9.84. The van der Waals surface area contributed by atoms with Gasteiger partial charge in [-0.2, -0.15) is 0 Å². The summed E-state index contributed by atoms with van der Waals surface area (Å²) in [5.74, 6) is 0.293. The summed E-state index contributed by atoms with van der Waals surface area (Å²) in [6, 6.07) is 6.81. The molecule has 1 aromatic carbocycles. The van der Waals surface area contributed by atoms with Gasteiger partial charge in [-0.1, -0.05) is 24.1 Å². The summed E-state index contributed by atoms with van der Waals surface area (Å²) in [7, 11) is -3.89. The zero-order valence-electron chi connectivity index (χ0n) is 14.6. The summed E-state index contributed by atoms with van der Waals surface area (Å²) in [4.78, 5) is 14.5.